The van der Waals surface area contributed by atoms with Crippen LogP contribution in [0.1, 0.15) is 31.1 Å². The van der Waals surface area contributed by atoms with Gasteiger partial charge in [-0.1, -0.05) is 11.6 Å². The summed E-state index contributed by atoms with van der Waals surface area (Å²) in [5.41, 5.74) is -0.483. The fraction of sp³-hybridized carbons (Fsp3) is 0.364. The van der Waals surface area contributed by atoms with Crippen molar-refractivity contribution in [2.24, 2.45) is 0 Å². The van der Waals surface area contributed by atoms with Crippen molar-refractivity contribution in [3.05, 3.63) is 33.0 Å². The topological polar surface area (TPSA) is 26.3 Å². The van der Waals surface area contributed by atoms with E-state index in [0.29, 0.717) is 4.47 Å². The van der Waals surface area contributed by atoms with Crippen LogP contribution in [0.15, 0.2) is 16.6 Å². The summed E-state index contributed by atoms with van der Waals surface area (Å²) in [6, 6.07) is 2.49. The molecule has 0 atom stereocenters. The molecule has 0 radical (unpaired) electrons. The zero-order valence-corrected chi connectivity index (χ0v) is 11.4. The molecule has 0 spiro atoms. The van der Waals surface area contributed by atoms with Gasteiger partial charge in [-0.2, -0.15) is 0 Å². The van der Waals surface area contributed by atoms with E-state index in [9.17, 15) is 9.18 Å². The summed E-state index contributed by atoms with van der Waals surface area (Å²) in [5.74, 6) is -1.24. The highest BCUT2D eigenvalue weighted by Crippen LogP contribution is 2.27. The van der Waals surface area contributed by atoms with Crippen molar-refractivity contribution >= 4 is 33.5 Å². The van der Waals surface area contributed by atoms with Crippen molar-refractivity contribution in [1.82, 2.24) is 0 Å². The van der Waals surface area contributed by atoms with Gasteiger partial charge in [0.25, 0.3) is 0 Å². The third kappa shape index (κ3) is 3.46. The van der Waals surface area contributed by atoms with E-state index >= 15 is 0 Å². The molecule has 0 aromatic heterocycles. The molecule has 5 heteroatoms. The Morgan fingerprint density at radius 3 is 2.44 bits per heavy atom. The second-order valence-electron chi connectivity index (χ2n) is 4.26. The molecule has 0 saturated heterocycles. The molecule has 1 aromatic carbocycles. The minimum atomic E-state index is -0.656. The predicted octanol–water partition coefficient (Wildman–Crippen LogP) is 4.20. The minimum Gasteiger partial charge on any atom is -0.456 e. The largest absolute Gasteiger partial charge is 0.456 e. The predicted molar refractivity (Wildman–Crippen MR) is 64.3 cm³/mol. The van der Waals surface area contributed by atoms with E-state index in [1.54, 1.807) is 20.8 Å². The molecule has 2 nitrogen and oxygen atoms in total. The van der Waals surface area contributed by atoms with Gasteiger partial charge in [-0.25, -0.2) is 9.18 Å². The maximum atomic E-state index is 13.3. The van der Waals surface area contributed by atoms with E-state index in [-0.39, 0.29) is 10.6 Å². The molecule has 1 rings (SSSR count). The second kappa shape index (κ2) is 4.72. The Morgan fingerprint density at radius 1 is 1.44 bits per heavy atom. The number of hydrogen-bond acceptors (Lipinski definition) is 2. The Kier molecular flexibility index (Phi) is 3.97. The monoisotopic (exact) mass is 308 g/mol. The van der Waals surface area contributed by atoms with Crippen LogP contribution in [0, 0.1) is 5.82 Å². The smallest absolute Gasteiger partial charge is 0.338 e. The normalized spacial score (nSPS) is 11.4. The van der Waals surface area contributed by atoms with E-state index in [1.165, 1.54) is 6.07 Å². The summed E-state index contributed by atoms with van der Waals surface area (Å²) in [6.07, 6.45) is 0. The molecule has 0 N–H and O–H groups in total. The molecule has 0 heterocycles. The fourth-order valence-electron chi connectivity index (χ4n) is 1.01. The van der Waals surface area contributed by atoms with E-state index < -0.39 is 17.4 Å². The average Bonchev–Trinajstić information content (AvgIpc) is 2.10. The highest BCUT2D eigenvalue weighted by Gasteiger charge is 2.19. The molecule has 0 unspecified atom stereocenters. The third-order valence-electron chi connectivity index (χ3n) is 1.62. The highest BCUT2D eigenvalue weighted by molar-refractivity contribution is 9.10. The molecule has 88 valence electrons. The lowest BCUT2D eigenvalue weighted by Gasteiger charge is -2.19. The minimum absolute atomic E-state index is 0.0488. The van der Waals surface area contributed by atoms with Crippen LogP contribution in [0.2, 0.25) is 5.02 Å². The summed E-state index contributed by atoms with van der Waals surface area (Å²) in [6.45, 7) is 5.23. The third-order valence-corrected chi connectivity index (χ3v) is 2.86. The molecule has 0 aliphatic carbocycles. The maximum Gasteiger partial charge on any atom is 0.338 e. The van der Waals surface area contributed by atoms with E-state index in [2.05, 4.69) is 15.9 Å². The lowest BCUT2D eigenvalue weighted by molar-refractivity contribution is 0.00689. The van der Waals surface area contributed by atoms with Crippen LogP contribution in [-0.2, 0) is 4.74 Å². The first-order chi connectivity index (χ1) is 7.20. The Bertz CT molecular complexity index is 403. The van der Waals surface area contributed by atoms with Crippen LogP contribution in [0.4, 0.5) is 4.39 Å². The van der Waals surface area contributed by atoms with E-state index in [4.69, 9.17) is 16.3 Å². The Balaban J connectivity index is 3.02. The lowest BCUT2D eigenvalue weighted by Crippen LogP contribution is -2.24. The van der Waals surface area contributed by atoms with Gasteiger partial charge in [-0.15, -0.1) is 0 Å². The first-order valence-electron chi connectivity index (χ1n) is 4.58. The van der Waals surface area contributed by atoms with Gasteiger partial charge in [0.15, 0.2) is 0 Å². The Labute approximate surface area is 107 Å². The first-order valence-corrected chi connectivity index (χ1v) is 5.75. The van der Waals surface area contributed by atoms with Crippen LogP contribution in [-0.4, -0.2) is 11.6 Å². The molecule has 0 aliphatic rings. The van der Waals surface area contributed by atoms with Crippen LogP contribution < -0.4 is 0 Å². The van der Waals surface area contributed by atoms with Crippen molar-refractivity contribution < 1.29 is 13.9 Å². The van der Waals surface area contributed by atoms with E-state index in [1.807, 2.05) is 0 Å². The molecule has 0 aliphatic heterocycles. The second-order valence-corrected chi connectivity index (χ2v) is 5.49. The number of rotatable bonds is 1. The van der Waals surface area contributed by atoms with Gasteiger partial charge in [0.05, 0.1) is 10.6 Å². The fourth-order valence-corrected chi connectivity index (χ4v) is 1.56. The van der Waals surface area contributed by atoms with Gasteiger partial charge in [0.1, 0.15) is 11.4 Å². The van der Waals surface area contributed by atoms with Crippen molar-refractivity contribution in [3.63, 3.8) is 0 Å². The van der Waals surface area contributed by atoms with Crippen LogP contribution in [0.5, 0.6) is 0 Å². The number of carbonyl (C=O) groups is 1. The maximum absolute atomic E-state index is 13.3. The number of halogens is 3. The van der Waals surface area contributed by atoms with Gasteiger partial charge >= 0.3 is 5.97 Å². The first kappa shape index (κ1) is 13.5. The van der Waals surface area contributed by atoms with E-state index in [0.717, 1.165) is 6.07 Å². The number of ether oxygens (including phenoxy) is 1. The summed E-state index contributed by atoms with van der Waals surface area (Å²) in [5, 5.41) is -0.0488. The van der Waals surface area contributed by atoms with Gasteiger partial charge in [0, 0.05) is 4.47 Å². The quantitative estimate of drug-likeness (QED) is 0.574. The zero-order chi connectivity index (χ0) is 12.5. The lowest BCUT2D eigenvalue weighted by atomic mass is 10.1. The Morgan fingerprint density at radius 2 is 2.00 bits per heavy atom. The van der Waals surface area contributed by atoms with Crippen LogP contribution >= 0.6 is 27.5 Å². The standard InChI is InChI=1S/C11H11BrClFO2/c1-11(2,3)16-10(15)6-4-7(12)9(13)8(14)5-6/h4-5H,1-3H3. The SMILES string of the molecule is CC(C)(C)OC(=O)c1cc(F)c(Cl)c(Br)c1. The van der Waals surface area contributed by atoms with Crippen LogP contribution in [0.3, 0.4) is 0 Å². The van der Waals surface area contributed by atoms with Crippen molar-refractivity contribution in [2.45, 2.75) is 26.4 Å². The Hall–Kier alpha value is -0.610. The summed E-state index contributed by atoms with van der Waals surface area (Å²) in [4.78, 5) is 11.6. The van der Waals surface area contributed by atoms with Gasteiger partial charge in [-0.05, 0) is 48.8 Å². The summed E-state index contributed by atoms with van der Waals surface area (Å²) < 4.78 is 18.7. The van der Waals surface area contributed by atoms with Crippen molar-refractivity contribution in [2.75, 3.05) is 0 Å². The highest BCUT2D eigenvalue weighted by atomic mass is 79.9. The number of carbonyl (C=O) groups excluding carboxylic acids is 1. The molecular weight excluding hydrogens is 298 g/mol. The molecule has 0 fully saturated rings. The van der Waals surface area contributed by atoms with Crippen molar-refractivity contribution in [1.29, 1.82) is 0 Å². The molecule has 16 heavy (non-hydrogen) atoms. The van der Waals surface area contributed by atoms with Gasteiger partial charge in [-0.3, -0.25) is 0 Å². The van der Waals surface area contributed by atoms with Crippen LogP contribution in [0.25, 0.3) is 0 Å². The molecule has 1 aromatic rings. The summed E-state index contributed by atoms with van der Waals surface area (Å²) in [7, 11) is 0. The number of benzene rings is 1. The molecule has 0 saturated carbocycles. The van der Waals surface area contributed by atoms with Gasteiger partial charge in [0.2, 0.25) is 0 Å². The molecular formula is C11H11BrClFO2. The summed E-state index contributed by atoms with van der Waals surface area (Å²) >= 11 is 8.68. The number of esters is 1. The molecule has 0 bridgehead atoms. The zero-order valence-electron chi connectivity index (χ0n) is 9.11. The van der Waals surface area contributed by atoms with Gasteiger partial charge < -0.3 is 4.74 Å². The molecule has 0 amide bonds. The average molecular weight is 310 g/mol. The number of hydrogen-bond donors (Lipinski definition) is 0. The van der Waals surface area contributed by atoms with Crippen molar-refractivity contribution in [3.8, 4) is 0 Å².